The number of aryl methyl sites for hydroxylation is 1. The van der Waals surface area contributed by atoms with Crippen molar-refractivity contribution in [1.29, 1.82) is 0 Å². The van der Waals surface area contributed by atoms with Crippen LogP contribution in [0, 0.1) is 6.92 Å². The monoisotopic (exact) mass is 273 g/mol. The number of rotatable bonds is 6. The van der Waals surface area contributed by atoms with E-state index in [0.717, 1.165) is 24.2 Å². The number of anilines is 1. The van der Waals surface area contributed by atoms with Gasteiger partial charge in [-0.3, -0.25) is 4.79 Å². The summed E-state index contributed by atoms with van der Waals surface area (Å²) in [7, 11) is 0. The molecule has 0 amide bonds. The van der Waals surface area contributed by atoms with Gasteiger partial charge in [-0.1, -0.05) is 6.92 Å². The quantitative estimate of drug-likeness (QED) is 0.776. The third-order valence-corrected chi connectivity index (χ3v) is 4.13. The third kappa shape index (κ3) is 3.67. The summed E-state index contributed by atoms with van der Waals surface area (Å²) in [6, 6.07) is 9.90. The number of ketones is 1. The fourth-order valence-electron chi connectivity index (χ4n) is 1.91. The lowest BCUT2D eigenvalue weighted by Crippen LogP contribution is -2.01. The van der Waals surface area contributed by atoms with Gasteiger partial charge in [-0.2, -0.15) is 0 Å². The van der Waals surface area contributed by atoms with Crippen molar-refractivity contribution in [2.75, 3.05) is 5.32 Å². The summed E-state index contributed by atoms with van der Waals surface area (Å²) < 4.78 is 0. The molecule has 100 valence electrons. The number of hydrogen-bond acceptors (Lipinski definition) is 3. The Hall–Kier alpha value is -1.61. The van der Waals surface area contributed by atoms with E-state index in [4.69, 9.17) is 0 Å². The van der Waals surface area contributed by atoms with Gasteiger partial charge < -0.3 is 5.32 Å². The molecule has 0 aliphatic rings. The second kappa shape index (κ2) is 6.53. The van der Waals surface area contributed by atoms with E-state index in [0.29, 0.717) is 6.42 Å². The molecular weight excluding hydrogens is 254 g/mol. The van der Waals surface area contributed by atoms with Crippen LogP contribution in [0.3, 0.4) is 0 Å². The number of benzene rings is 1. The van der Waals surface area contributed by atoms with Gasteiger partial charge in [-0.05, 0) is 54.6 Å². The molecular formula is C16H19NOS. The van der Waals surface area contributed by atoms with E-state index >= 15 is 0 Å². The third-order valence-electron chi connectivity index (χ3n) is 3.11. The molecule has 1 aromatic heterocycles. The number of carbonyl (C=O) groups excluding carboxylic acids is 1. The van der Waals surface area contributed by atoms with E-state index in [9.17, 15) is 4.79 Å². The van der Waals surface area contributed by atoms with Crippen molar-refractivity contribution in [3.63, 3.8) is 0 Å². The Morgan fingerprint density at radius 3 is 2.53 bits per heavy atom. The Morgan fingerprint density at radius 1 is 1.21 bits per heavy atom. The molecule has 0 saturated carbocycles. The molecule has 1 N–H and O–H groups in total. The smallest absolute Gasteiger partial charge is 0.162 e. The van der Waals surface area contributed by atoms with E-state index in [1.165, 1.54) is 10.4 Å². The van der Waals surface area contributed by atoms with Gasteiger partial charge in [0.2, 0.25) is 0 Å². The number of thiophene rings is 1. The average molecular weight is 273 g/mol. The first-order valence-electron chi connectivity index (χ1n) is 6.61. The van der Waals surface area contributed by atoms with Gasteiger partial charge >= 0.3 is 0 Å². The molecule has 0 spiro atoms. The van der Waals surface area contributed by atoms with Crippen LogP contribution in [0.2, 0.25) is 0 Å². The second-order valence-corrected chi connectivity index (χ2v) is 5.63. The van der Waals surface area contributed by atoms with E-state index in [2.05, 4.69) is 23.7 Å². The van der Waals surface area contributed by atoms with E-state index in [1.807, 2.05) is 31.2 Å². The second-order valence-electron chi connectivity index (χ2n) is 4.63. The Bertz CT molecular complexity index is 542. The van der Waals surface area contributed by atoms with Crippen molar-refractivity contribution in [2.45, 2.75) is 33.2 Å². The van der Waals surface area contributed by atoms with Crippen LogP contribution in [-0.4, -0.2) is 5.78 Å². The maximum absolute atomic E-state index is 11.7. The zero-order chi connectivity index (χ0) is 13.7. The molecule has 2 nitrogen and oxygen atoms in total. The van der Waals surface area contributed by atoms with Gasteiger partial charge in [0.15, 0.2) is 5.78 Å². The fraction of sp³-hybridized carbons (Fsp3) is 0.312. The summed E-state index contributed by atoms with van der Waals surface area (Å²) in [6.45, 7) is 4.99. The summed E-state index contributed by atoms with van der Waals surface area (Å²) in [5.41, 5.74) is 3.19. The molecule has 0 bridgehead atoms. The molecule has 2 aromatic rings. The van der Waals surface area contributed by atoms with Crippen LogP contribution in [0.1, 0.15) is 40.6 Å². The maximum Gasteiger partial charge on any atom is 0.162 e. The highest BCUT2D eigenvalue weighted by Gasteiger charge is 2.04. The van der Waals surface area contributed by atoms with Gasteiger partial charge in [0.25, 0.3) is 0 Å². The number of hydrogen-bond donors (Lipinski definition) is 1. The first kappa shape index (κ1) is 13.8. The van der Waals surface area contributed by atoms with Crippen LogP contribution in [0.15, 0.2) is 35.7 Å². The Kier molecular flexibility index (Phi) is 4.74. The minimum absolute atomic E-state index is 0.225. The van der Waals surface area contributed by atoms with Crippen LogP contribution in [0.5, 0.6) is 0 Å². The molecule has 0 saturated heterocycles. The SMILES string of the molecule is CCCC(=O)c1ccc(NCc2sccc2C)cc1. The normalized spacial score (nSPS) is 10.4. The van der Waals surface area contributed by atoms with Crippen LogP contribution < -0.4 is 5.32 Å². The first-order valence-corrected chi connectivity index (χ1v) is 7.48. The minimum Gasteiger partial charge on any atom is -0.380 e. The summed E-state index contributed by atoms with van der Waals surface area (Å²) in [6.07, 6.45) is 1.53. The summed E-state index contributed by atoms with van der Waals surface area (Å²) in [5, 5.41) is 5.50. The molecule has 19 heavy (non-hydrogen) atoms. The molecule has 1 aromatic carbocycles. The van der Waals surface area contributed by atoms with Gasteiger partial charge in [0.1, 0.15) is 0 Å². The Labute approximate surface area is 118 Å². The highest BCUT2D eigenvalue weighted by Crippen LogP contribution is 2.18. The summed E-state index contributed by atoms with van der Waals surface area (Å²) in [4.78, 5) is 13.1. The van der Waals surface area contributed by atoms with Crippen LogP contribution in [-0.2, 0) is 6.54 Å². The van der Waals surface area contributed by atoms with Crippen molar-refractivity contribution >= 4 is 22.8 Å². The van der Waals surface area contributed by atoms with Gasteiger partial charge in [-0.15, -0.1) is 11.3 Å². The zero-order valence-corrected chi connectivity index (χ0v) is 12.2. The molecule has 3 heteroatoms. The topological polar surface area (TPSA) is 29.1 Å². The largest absolute Gasteiger partial charge is 0.380 e. The zero-order valence-electron chi connectivity index (χ0n) is 11.4. The highest BCUT2D eigenvalue weighted by atomic mass is 32.1. The van der Waals surface area contributed by atoms with Crippen molar-refractivity contribution in [1.82, 2.24) is 0 Å². The molecule has 0 unspecified atom stereocenters. The number of carbonyl (C=O) groups is 1. The lowest BCUT2D eigenvalue weighted by Gasteiger charge is -2.07. The summed E-state index contributed by atoms with van der Waals surface area (Å²) >= 11 is 1.77. The Morgan fingerprint density at radius 2 is 1.95 bits per heavy atom. The number of Topliss-reactive ketones (excluding diaryl/α,β-unsaturated/α-hetero) is 1. The average Bonchev–Trinajstić information content (AvgIpc) is 2.83. The van der Waals surface area contributed by atoms with Gasteiger partial charge in [-0.25, -0.2) is 0 Å². The van der Waals surface area contributed by atoms with Gasteiger partial charge in [0.05, 0.1) is 0 Å². The predicted molar refractivity (Wildman–Crippen MR) is 82.1 cm³/mol. The Balaban J connectivity index is 1.95. The predicted octanol–water partition coefficient (Wildman–Crippen LogP) is 4.65. The van der Waals surface area contributed by atoms with Crippen LogP contribution >= 0.6 is 11.3 Å². The molecule has 0 atom stereocenters. The molecule has 0 fully saturated rings. The van der Waals surface area contributed by atoms with E-state index in [1.54, 1.807) is 11.3 Å². The van der Waals surface area contributed by atoms with Crippen LogP contribution in [0.25, 0.3) is 0 Å². The standard InChI is InChI=1S/C16H19NOS/c1-3-4-15(18)13-5-7-14(8-6-13)17-11-16-12(2)9-10-19-16/h5-10,17H,3-4,11H2,1-2H3. The fourth-order valence-corrected chi connectivity index (χ4v) is 2.76. The first-order chi connectivity index (χ1) is 9.20. The molecule has 0 aliphatic heterocycles. The highest BCUT2D eigenvalue weighted by molar-refractivity contribution is 7.10. The van der Waals surface area contributed by atoms with Crippen LogP contribution in [0.4, 0.5) is 5.69 Å². The summed E-state index contributed by atoms with van der Waals surface area (Å²) in [5.74, 6) is 0.225. The van der Waals surface area contributed by atoms with E-state index < -0.39 is 0 Å². The lowest BCUT2D eigenvalue weighted by atomic mass is 10.1. The van der Waals surface area contributed by atoms with Crippen molar-refractivity contribution < 1.29 is 4.79 Å². The maximum atomic E-state index is 11.7. The van der Waals surface area contributed by atoms with Crippen molar-refractivity contribution in [2.24, 2.45) is 0 Å². The van der Waals surface area contributed by atoms with Crippen molar-refractivity contribution in [3.05, 3.63) is 51.7 Å². The molecule has 1 heterocycles. The van der Waals surface area contributed by atoms with Crippen molar-refractivity contribution in [3.8, 4) is 0 Å². The van der Waals surface area contributed by atoms with E-state index in [-0.39, 0.29) is 5.78 Å². The molecule has 0 aliphatic carbocycles. The van der Waals surface area contributed by atoms with Gasteiger partial charge in [0, 0.05) is 29.1 Å². The molecule has 0 radical (unpaired) electrons. The minimum atomic E-state index is 0.225. The number of nitrogens with one attached hydrogen (secondary N) is 1. The molecule has 2 rings (SSSR count). The lowest BCUT2D eigenvalue weighted by molar-refractivity contribution is 0.0982.